The Kier molecular flexibility index (Phi) is 4.73. The van der Waals surface area contributed by atoms with Gasteiger partial charge in [0.05, 0.1) is 0 Å². The molecule has 1 saturated carbocycles. The van der Waals surface area contributed by atoms with Gasteiger partial charge < -0.3 is 5.32 Å². The molecule has 3 nitrogen and oxygen atoms in total. The van der Waals surface area contributed by atoms with Crippen LogP contribution in [0.2, 0.25) is 5.15 Å². The Hall–Kier alpha value is -1.04. The van der Waals surface area contributed by atoms with Gasteiger partial charge in [-0.15, -0.1) is 0 Å². The zero-order chi connectivity index (χ0) is 14.8. The number of alkyl halides is 3. The van der Waals surface area contributed by atoms with E-state index < -0.39 is 12.0 Å². The van der Waals surface area contributed by atoms with Gasteiger partial charge in [0, 0.05) is 12.1 Å². The Morgan fingerprint density at radius 3 is 2.45 bits per heavy atom. The van der Waals surface area contributed by atoms with E-state index in [0.717, 1.165) is 38.0 Å². The summed E-state index contributed by atoms with van der Waals surface area (Å²) in [6.45, 7) is 2.16. The number of hydrogen-bond acceptors (Lipinski definition) is 3. The third kappa shape index (κ3) is 3.98. The van der Waals surface area contributed by atoms with E-state index in [2.05, 4.69) is 22.2 Å². The van der Waals surface area contributed by atoms with Crippen LogP contribution < -0.4 is 5.32 Å². The van der Waals surface area contributed by atoms with Crippen molar-refractivity contribution in [3.8, 4) is 0 Å². The fourth-order valence-corrected chi connectivity index (χ4v) is 2.73. The molecule has 1 heterocycles. The molecule has 0 unspecified atom stereocenters. The van der Waals surface area contributed by atoms with Crippen LogP contribution in [-0.4, -0.2) is 16.0 Å². The van der Waals surface area contributed by atoms with Crippen molar-refractivity contribution in [2.24, 2.45) is 5.92 Å². The zero-order valence-corrected chi connectivity index (χ0v) is 11.9. The third-order valence-electron chi connectivity index (χ3n) is 3.72. The Bertz CT molecular complexity index is 457. The van der Waals surface area contributed by atoms with Crippen LogP contribution in [0.5, 0.6) is 0 Å². The molecule has 0 amide bonds. The van der Waals surface area contributed by atoms with Crippen molar-refractivity contribution in [3.63, 3.8) is 0 Å². The molecular weight excluding hydrogens is 291 g/mol. The molecule has 0 bridgehead atoms. The second-order valence-corrected chi connectivity index (χ2v) is 5.55. The smallest absolute Gasteiger partial charge is 0.367 e. The maximum Gasteiger partial charge on any atom is 0.451 e. The zero-order valence-electron chi connectivity index (χ0n) is 11.2. The molecule has 0 radical (unpaired) electrons. The minimum absolute atomic E-state index is 0.150. The lowest BCUT2D eigenvalue weighted by Crippen LogP contribution is -2.27. The predicted molar refractivity (Wildman–Crippen MR) is 71.7 cm³/mol. The maximum absolute atomic E-state index is 12.6. The van der Waals surface area contributed by atoms with Crippen LogP contribution >= 0.6 is 11.6 Å². The average molecular weight is 308 g/mol. The van der Waals surface area contributed by atoms with Gasteiger partial charge in [-0.3, -0.25) is 0 Å². The number of hydrogen-bond donors (Lipinski definition) is 1. The van der Waals surface area contributed by atoms with E-state index in [1.807, 2.05) is 0 Å². The predicted octanol–water partition coefficient (Wildman–Crippen LogP) is 4.53. The first kappa shape index (κ1) is 15.4. The third-order valence-corrected chi connectivity index (χ3v) is 3.92. The van der Waals surface area contributed by atoms with E-state index in [9.17, 15) is 13.2 Å². The molecule has 0 atom stereocenters. The van der Waals surface area contributed by atoms with Crippen LogP contribution in [0.4, 0.5) is 19.0 Å². The van der Waals surface area contributed by atoms with Gasteiger partial charge in [0.1, 0.15) is 11.0 Å². The summed E-state index contributed by atoms with van der Waals surface area (Å²) < 4.78 is 37.8. The average Bonchev–Trinajstić information content (AvgIpc) is 2.38. The van der Waals surface area contributed by atoms with Crippen LogP contribution in [0, 0.1) is 5.92 Å². The van der Waals surface area contributed by atoms with E-state index in [1.54, 1.807) is 0 Å². The van der Waals surface area contributed by atoms with Gasteiger partial charge in [0.25, 0.3) is 0 Å². The minimum atomic E-state index is -4.58. The highest BCUT2D eigenvalue weighted by atomic mass is 35.5. The van der Waals surface area contributed by atoms with Gasteiger partial charge in [0.2, 0.25) is 5.82 Å². The van der Waals surface area contributed by atoms with Gasteiger partial charge in [-0.1, -0.05) is 24.9 Å². The molecule has 1 aromatic heterocycles. The Balaban J connectivity index is 2.05. The Morgan fingerprint density at radius 2 is 1.90 bits per heavy atom. The summed E-state index contributed by atoms with van der Waals surface area (Å²) in [5, 5.41) is 2.85. The van der Waals surface area contributed by atoms with E-state index in [-0.39, 0.29) is 17.0 Å². The molecule has 1 fully saturated rings. The van der Waals surface area contributed by atoms with Crippen LogP contribution in [0.25, 0.3) is 0 Å². The van der Waals surface area contributed by atoms with Crippen molar-refractivity contribution in [3.05, 3.63) is 17.0 Å². The van der Waals surface area contributed by atoms with Crippen molar-refractivity contribution in [1.82, 2.24) is 9.97 Å². The van der Waals surface area contributed by atoms with Crippen molar-refractivity contribution in [1.29, 1.82) is 0 Å². The molecule has 0 spiro atoms. The molecule has 20 heavy (non-hydrogen) atoms. The van der Waals surface area contributed by atoms with Crippen LogP contribution in [0.1, 0.15) is 44.9 Å². The molecule has 2 rings (SSSR count). The largest absolute Gasteiger partial charge is 0.451 e. The summed E-state index contributed by atoms with van der Waals surface area (Å²) in [5.74, 6) is -0.320. The second-order valence-electron chi connectivity index (χ2n) is 5.17. The number of halogens is 4. The lowest BCUT2D eigenvalue weighted by atomic mass is 9.84. The topological polar surface area (TPSA) is 37.8 Å². The van der Waals surface area contributed by atoms with E-state index in [1.165, 1.54) is 6.07 Å². The number of nitrogens with one attached hydrogen (secondary N) is 1. The highest BCUT2D eigenvalue weighted by molar-refractivity contribution is 6.29. The summed E-state index contributed by atoms with van der Waals surface area (Å²) >= 11 is 5.63. The second kappa shape index (κ2) is 6.16. The highest BCUT2D eigenvalue weighted by Crippen LogP contribution is 2.31. The van der Waals surface area contributed by atoms with Gasteiger partial charge in [-0.25, -0.2) is 9.97 Å². The molecule has 1 aromatic rings. The van der Waals surface area contributed by atoms with E-state index in [4.69, 9.17) is 11.6 Å². The van der Waals surface area contributed by atoms with E-state index >= 15 is 0 Å². The molecule has 0 saturated heterocycles. The number of nitrogens with zero attached hydrogens (tertiary/aromatic N) is 2. The van der Waals surface area contributed by atoms with Crippen LogP contribution in [0.15, 0.2) is 6.07 Å². The van der Waals surface area contributed by atoms with Gasteiger partial charge in [0.15, 0.2) is 0 Å². The SMILES string of the molecule is CCC1CCC(Nc2cc(Cl)nc(C(F)(F)F)n2)CC1. The first-order chi connectivity index (χ1) is 9.38. The molecule has 1 aliphatic carbocycles. The summed E-state index contributed by atoms with van der Waals surface area (Å²) in [7, 11) is 0. The van der Waals surface area contributed by atoms with E-state index in [0.29, 0.717) is 0 Å². The summed E-state index contributed by atoms with van der Waals surface area (Å²) in [4.78, 5) is 6.72. The van der Waals surface area contributed by atoms with Crippen molar-refractivity contribution < 1.29 is 13.2 Å². The summed E-state index contributed by atoms with van der Waals surface area (Å²) in [5.41, 5.74) is 0. The van der Waals surface area contributed by atoms with Gasteiger partial charge in [-0.05, 0) is 31.6 Å². The first-order valence-electron chi connectivity index (χ1n) is 6.76. The van der Waals surface area contributed by atoms with Gasteiger partial charge >= 0.3 is 6.18 Å². The first-order valence-corrected chi connectivity index (χ1v) is 7.14. The maximum atomic E-state index is 12.6. The quantitative estimate of drug-likeness (QED) is 0.834. The Labute approximate surface area is 120 Å². The molecule has 1 N–H and O–H groups in total. The van der Waals surface area contributed by atoms with Gasteiger partial charge in [-0.2, -0.15) is 13.2 Å². The minimum Gasteiger partial charge on any atom is -0.367 e. The fraction of sp³-hybridized carbons (Fsp3) is 0.692. The van der Waals surface area contributed by atoms with Crippen molar-refractivity contribution in [2.75, 3.05) is 5.32 Å². The molecule has 7 heteroatoms. The van der Waals surface area contributed by atoms with Crippen molar-refractivity contribution >= 4 is 17.4 Å². The molecule has 0 aliphatic heterocycles. The number of rotatable bonds is 3. The molecule has 112 valence electrons. The molecule has 0 aromatic carbocycles. The van der Waals surface area contributed by atoms with Crippen LogP contribution in [0.3, 0.4) is 0 Å². The lowest BCUT2D eigenvalue weighted by molar-refractivity contribution is -0.144. The normalized spacial score (nSPS) is 23.6. The molecular formula is C13H17ClF3N3. The fourth-order valence-electron chi connectivity index (χ4n) is 2.54. The lowest BCUT2D eigenvalue weighted by Gasteiger charge is -2.28. The van der Waals surface area contributed by atoms with Crippen molar-refractivity contribution in [2.45, 2.75) is 51.2 Å². The summed E-state index contributed by atoms with van der Waals surface area (Å²) in [6.07, 6.45) is 0.659. The summed E-state index contributed by atoms with van der Waals surface area (Å²) in [6, 6.07) is 1.49. The monoisotopic (exact) mass is 307 g/mol. The highest BCUT2D eigenvalue weighted by Gasteiger charge is 2.35. The Morgan fingerprint density at radius 1 is 1.25 bits per heavy atom. The van der Waals surface area contributed by atoms with Crippen LogP contribution in [-0.2, 0) is 6.18 Å². The number of aromatic nitrogens is 2. The molecule has 1 aliphatic rings. The number of anilines is 1. The standard InChI is InChI=1S/C13H17ClF3N3/c1-2-8-3-5-9(6-4-8)18-11-7-10(14)19-12(20-11)13(15,16)17/h7-9H,2-6H2,1H3,(H,18,19,20).